The molecule has 0 spiro atoms. The summed E-state index contributed by atoms with van der Waals surface area (Å²) in [6.07, 6.45) is 1.64. The van der Waals surface area contributed by atoms with Gasteiger partial charge in [0.1, 0.15) is 12.8 Å². The third-order valence-electron chi connectivity index (χ3n) is 2.58. The molecule has 0 saturated heterocycles. The number of nitrogens with zero attached hydrogens (tertiary/aromatic N) is 2. The lowest BCUT2D eigenvalue weighted by Crippen LogP contribution is -2.15. The fraction of sp³-hybridized carbons (Fsp3) is 0.143. The van der Waals surface area contributed by atoms with E-state index in [0.717, 1.165) is 5.30 Å². The number of hydrogen-bond donors (Lipinski definition) is 0. The van der Waals surface area contributed by atoms with Crippen LogP contribution in [0.3, 0.4) is 0 Å². The quantitative estimate of drug-likeness (QED) is 0.367. The fourth-order valence-corrected chi connectivity index (χ4v) is 3.46. The summed E-state index contributed by atoms with van der Waals surface area (Å²) in [6, 6.07) is 14.8. The van der Waals surface area contributed by atoms with Crippen LogP contribution in [0.2, 0.25) is 0 Å². The van der Waals surface area contributed by atoms with E-state index in [0.29, 0.717) is 5.69 Å². The summed E-state index contributed by atoms with van der Waals surface area (Å²) in [6.45, 7) is -2.72. The van der Waals surface area contributed by atoms with Crippen molar-refractivity contribution in [2.75, 3.05) is 14.2 Å². The van der Waals surface area contributed by atoms with Crippen LogP contribution in [0.15, 0.2) is 59.9 Å². The minimum absolute atomic E-state index is 0.201. The van der Waals surface area contributed by atoms with Gasteiger partial charge in [-0.25, -0.2) is 0 Å². The average molecular weight is 322 g/mol. The molecule has 0 N–H and O–H groups in total. The highest BCUT2D eigenvalue weighted by Gasteiger charge is 2.25. The zero-order valence-corrected chi connectivity index (χ0v) is 13.4. The predicted molar refractivity (Wildman–Crippen MR) is 86.2 cm³/mol. The van der Waals surface area contributed by atoms with Crippen LogP contribution in [0.5, 0.6) is 0 Å². The first-order valence-corrected chi connectivity index (χ1v) is 8.77. The highest BCUT2D eigenvalue weighted by Crippen LogP contribution is 2.47. The van der Waals surface area contributed by atoms with Crippen molar-refractivity contribution >= 4 is 29.5 Å². The number of rotatable bonds is 5. The van der Waals surface area contributed by atoms with E-state index in [1.807, 2.05) is 36.4 Å². The zero-order valence-electron chi connectivity index (χ0n) is 11.7. The number of aromatic nitrogens is 1. The summed E-state index contributed by atoms with van der Waals surface area (Å²) >= 11 is 5.56. The standard InChI is InChI=1S/C14H15N2O3PS/c1-17-16-14(13-10-6-7-11-15-13)19-20(21,18-2)12-8-4-3-5-9-12/h3-11H,1-2H3. The third-order valence-corrected chi connectivity index (χ3v) is 5.71. The van der Waals surface area contributed by atoms with Crippen LogP contribution in [0.25, 0.3) is 0 Å². The van der Waals surface area contributed by atoms with Crippen LogP contribution in [0.4, 0.5) is 0 Å². The number of pyridine rings is 1. The summed E-state index contributed by atoms with van der Waals surface area (Å²) in [5, 5.41) is 4.66. The van der Waals surface area contributed by atoms with Crippen molar-refractivity contribution in [2.24, 2.45) is 5.16 Å². The van der Waals surface area contributed by atoms with Gasteiger partial charge in [-0.2, -0.15) is 0 Å². The van der Waals surface area contributed by atoms with E-state index in [4.69, 9.17) is 25.7 Å². The van der Waals surface area contributed by atoms with Crippen LogP contribution in [0, 0.1) is 0 Å². The van der Waals surface area contributed by atoms with Crippen LogP contribution in [0.1, 0.15) is 5.69 Å². The molecular weight excluding hydrogens is 307 g/mol. The Kier molecular flexibility index (Phi) is 5.44. The second-order valence-electron chi connectivity index (χ2n) is 3.90. The molecule has 0 fully saturated rings. The van der Waals surface area contributed by atoms with Crippen molar-refractivity contribution in [1.82, 2.24) is 4.98 Å². The van der Waals surface area contributed by atoms with Gasteiger partial charge in [0, 0.05) is 18.6 Å². The molecule has 0 aliphatic carbocycles. The summed E-state index contributed by atoms with van der Waals surface area (Å²) < 4.78 is 11.3. The average Bonchev–Trinajstić information content (AvgIpc) is 2.56. The number of hydrogen-bond acceptors (Lipinski definition) is 6. The van der Waals surface area contributed by atoms with Gasteiger partial charge in [0.25, 0.3) is 12.4 Å². The van der Waals surface area contributed by atoms with Crippen molar-refractivity contribution in [3.05, 3.63) is 60.4 Å². The molecule has 0 amide bonds. The first-order chi connectivity index (χ1) is 10.2. The molecule has 0 saturated carbocycles. The van der Waals surface area contributed by atoms with Crippen molar-refractivity contribution in [3.63, 3.8) is 0 Å². The van der Waals surface area contributed by atoms with Gasteiger partial charge >= 0.3 is 0 Å². The minimum atomic E-state index is -2.72. The molecule has 1 unspecified atom stereocenters. The van der Waals surface area contributed by atoms with Gasteiger partial charge in [-0.05, 0) is 41.2 Å². The molecule has 5 nitrogen and oxygen atoms in total. The SMILES string of the molecule is CON=C(OP(=S)(OC)c1ccccc1)c1ccccn1. The van der Waals surface area contributed by atoms with E-state index < -0.39 is 6.49 Å². The Bertz CT molecular complexity index is 650. The lowest BCUT2D eigenvalue weighted by molar-refractivity contribution is 0.205. The van der Waals surface area contributed by atoms with Crippen LogP contribution >= 0.6 is 6.49 Å². The Morgan fingerprint density at radius 2 is 1.81 bits per heavy atom. The van der Waals surface area contributed by atoms with Crippen molar-refractivity contribution in [3.8, 4) is 0 Å². The van der Waals surface area contributed by atoms with E-state index in [1.165, 1.54) is 14.2 Å². The molecule has 0 aliphatic rings. The first-order valence-electron chi connectivity index (χ1n) is 6.13. The van der Waals surface area contributed by atoms with Gasteiger partial charge in [0.2, 0.25) is 0 Å². The summed E-state index contributed by atoms with van der Waals surface area (Å²) in [5.41, 5.74) is 0.529. The maximum Gasteiger partial charge on any atom is 0.281 e. The monoisotopic (exact) mass is 322 g/mol. The molecule has 2 aromatic rings. The maximum absolute atomic E-state index is 5.87. The number of oxime groups is 1. The Hall–Kier alpha value is -1.75. The Balaban J connectivity index is 2.36. The van der Waals surface area contributed by atoms with Gasteiger partial charge in [-0.15, -0.1) is 0 Å². The fourth-order valence-electron chi connectivity index (χ4n) is 1.60. The van der Waals surface area contributed by atoms with E-state index >= 15 is 0 Å². The summed E-state index contributed by atoms with van der Waals surface area (Å²) in [5.74, 6) is 0.201. The van der Waals surface area contributed by atoms with E-state index in [1.54, 1.807) is 18.3 Å². The molecular formula is C14H15N2O3PS. The topological polar surface area (TPSA) is 52.9 Å². The molecule has 1 atom stereocenters. The summed E-state index contributed by atoms with van der Waals surface area (Å²) in [7, 11) is 2.96. The molecule has 7 heteroatoms. The van der Waals surface area contributed by atoms with Gasteiger partial charge in [-0.1, -0.05) is 24.3 Å². The van der Waals surface area contributed by atoms with Crippen LogP contribution < -0.4 is 5.30 Å². The lowest BCUT2D eigenvalue weighted by Gasteiger charge is -2.21. The van der Waals surface area contributed by atoms with Gasteiger partial charge in [-0.3, -0.25) is 4.98 Å². The van der Waals surface area contributed by atoms with Gasteiger partial charge in [0.15, 0.2) is 0 Å². The van der Waals surface area contributed by atoms with Gasteiger partial charge in [0.05, 0.1) is 0 Å². The molecule has 0 radical (unpaired) electrons. The minimum Gasteiger partial charge on any atom is -0.417 e. The molecule has 110 valence electrons. The summed E-state index contributed by atoms with van der Waals surface area (Å²) in [4.78, 5) is 9.01. The number of benzene rings is 1. The smallest absolute Gasteiger partial charge is 0.281 e. The van der Waals surface area contributed by atoms with Crippen LogP contribution in [-0.4, -0.2) is 25.1 Å². The van der Waals surface area contributed by atoms with Gasteiger partial charge < -0.3 is 13.9 Å². The van der Waals surface area contributed by atoms with Crippen molar-refractivity contribution < 1.29 is 13.9 Å². The normalized spacial score (nSPS) is 14.3. The Labute approximate surface area is 128 Å². The van der Waals surface area contributed by atoms with E-state index in [2.05, 4.69) is 10.1 Å². The first kappa shape index (κ1) is 15.6. The zero-order chi connectivity index (χ0) is 15.1. The molecule has 1 aromatic heterocycles. The molecule has 1 aromatic carbocycles. The molecule has 1 heterocycles. The predicted octanol–water partition coefficient (Wildman–Crippen LogP) is 2.69. The third kappa shape index (κ3) is 3.88. The molecule has 21 heavy (non-hydrogen) atoms. The molecule has 0 aliphatic heterocycles. The van der Waals surface area contributed by atoms with E-state index in [9.17, 15) is 0 Å². The van der Waals surface area contributed by atoms with Crippen LogP contribution in [-0.2, 0) is 25.7 Å². The highest BCUT2D eigenvalue weighted by molar-refractivity contribution is 8.13. The molecule has 2 rings (SSSR count). The lowest BCUT2D eigenvalue weighted by atomic mass is 10.3. The second-order valence-corrected chi connectivity index (χ2v) is 7.40. The molecule has 0 bridgehead atoms. The largest absolute Gasteiger partial charge is 0.417 e. The van der Waals surface area contributed by atoms with E-state index in [-0.39, 0.29) is 5.90 Å². The maximum atomic E-state index is 5.87. The second kappa shape index (κ2) is 7.31. The van der Waals surface area contributed by atoms with Crippen molar-refractivity contribution in [1.29, 1.82) is 0 Å². The Morgan fingerprint density at radius 3 is 2.38 bits per heavy atom. The van der Waals surface area contributed by atoms with Crippen molar-refractivity contribution in [2.45, 2.75) is 0 Å². The Morgan fingerprint density at radius 1 is 1.10 bits per heavy atom. The highest BCUT2D eigenvalue weighted by atomic mass is 32.5.